The molecule has 3 nitrogen and oxygen atoms in total. The van der Waals surface area contributed by atoms with E-state index in [-0.39, 0.29) is 12.0 Å². The molecule has 0 aliphatic rings. The second kappa shape index (κ2) is 5.75. The normalized spacial score (nSPS) is 17.1. The van der Waals surface area contributed by atoms with Crippen molar-refractivity contribution < 1.29 is 5.11 Å². The van der Waals surface area contributed by atoms with Gasteiger partial charge in [-0.25, -0.2) is 4.98 Å². The second-order valence-electron chi connectivity index (χ2n) is 4.71. The molecule has 0 amide bonds. The second-order valence-corrected chi connectivity index (χ2v) is 5.97. The number of hydrogen-bond acceptors (Lipinski definition) is 4. The maximum absolute atomic E-state index is 9.32. The molecule has 0 saturated carbocycles. The third-order valence-electron chi connectivity index (χ3n) is 3.14. The third kappa shape index (κ3) is 3.54. The molecule has 0 aliphatic heterocycles. The van der Waals surface area contributed by atoms with Gasteiger partial charge in [-0.15, -0.1) is 11.3 Å². The lowest BCUT2D eigenvalue weighted by molar-refractivity contribution is 0.132. The molecule has 1 aromatic rings. The van der Waals surface area contributed by atoms with Crippen LogP contribution in [0.4, 0.5) is 0 Å². The summed E-state index contributed by atoms with van der Waals surface area (Å²) in [7, 11) is 0. The fourth-order valence-electron chi connectivity index (χ4n) is 1.37. The maximum Gasteiger partial charge on any atom is 0.0897 e. The molecule has 0 saturated heterocycles. The van der Waals surface area contributed by atoms with E-state index < -0.39 is 0 Å². The van der Waals surface area contributed by atoms with Crippen LogP contribution in [0.1, 0.15) is 43.1 Å². The quantitative estimate of drug-likeness (QED) is 0.805. The average molecular weight is 242 g/mol. The third-order valence-corrected chi connectivity index (χ3v) is 4.23. The van der Waals surface area contributed by atoms with Crippen molar-refractivity contribution in [2.24, 2.45) is 5.41 Å². The molecule has 2 N–H and O–H groups in total. The van der Waals surface area contributed by atoms with Gasteiger partial charge in [0.1, 0.15) is 0 Å². The summed E-state index contributed by atoms with van der Waals surface area (Å²) in [5.74, 6) is 0. The van der Waals surface area contributed by atoms with E-state index in [2.05, 4.69) is 31.1 Å². The van der Waals surface area contributed by atoms with Crippen molar-refractivity contribution in [2.75, 3.05) is 13.2 Å². The van der Waals surface area contributed by atoms with Crippen LogP contribution in [0.2, 0.25) is 0 Å². The van der Waals surface area contributed by atoms with E-state index in [0.29, 0.717) is 6.04 Å². The van der Waals surface area contributed by atoms with E-state index in [1.165, 1.54) is 4.88 Å². The van der Waals surface area contributed by atoms with E-state index in [1.807, 2.05) is 13.1 Å². The number of nitrogens with one attached hydrogen (secondary N) is 1. The van der Waals surface area contributed by atoms with E-state index in [0.717, 1.165) is 18.0 Å². The zero-order chi connectivity index (χ0) is 12.2. The Morgan fingerprint density at radius 3 is 2.75 bits per heavy atom. The summed E-state index contributed by atoms with van der Waals surface area (Å²) in [5.41, 5.74) is -0.0198. The van der Waals surface area contributed by atoms with Gasteiger partial charge >= 0.3 is 0 Å². The topological polar surface area (TPSA) is 45.1 Å². The molecule has 0 aliphatic carbocycles. The Bertz CT molecular complexity index is 321. The van der Waals surface area contributed by atoms with Crippen molar-refractivity contribution in [1.82, 2.24) is 10.3 Å². The van der Waals surface area contributed by atoms with Crippen LogP contribution in [0.25, 0.3) is 0 Å². The molecule has 0 bridgehead atoms. The molecule has 1 aromatic heterocycles. The summed E-state index contributed by atoms with van der Waals surface area (Å²) < 4.78 is 0. The molecule has 2 atom stereocenters. The van der Waals surface area contributed by atoms with E-state index in [1.54, 1.807) is 11.3 Å². The van der Waals surface area contributed by atoms with Crippen LogP contribution in [0.5, 0.6) is 0 Å². The van der Waals surface area contributed by atoms with Crippen molar-refractivity contribution in [1.29, 1.82) is 0 Å². The van der Waals surface area contributed by atoms with Gasteiger partial charge in [-0.3, -0.25) is 0 Å². The Morgan fingerprint density at radius 2 is 2.31 bits per heavy atom. The lowest BCUT2D eigenvalue weighted by Crippen LogP contribution is -2.35. The summed E-state index contributed by atoms with van der Waals surface area (Å²) in [6.45, 7) is 9.43. The number of aryl methyl sites for hydroxylation is 1. The number of nitrogens with zero attached hydrogens (tertiary/aromatic N) is 1. The Kier molecular flexibility index (Phi) is 4.89. The number of hydrogen-bond donors (Lipinski definition) is 2. The Hall–Kier alpha value is -0.450. The molecule has 1 rings (SSSR count). The Labute approximate surface area is 102 Å². The molecule has 0 fully saturated rings. The lowest BCUT2D eigenvalue weighted by atomic mass is 9.88. The highest BCUT2D eigenvalue weighted by Crippen LogP contribution is 2.23. The van der Waals surface area contributed by atoms with Gasteiger partial charge in [0.25, 0.3) is 0 Å². The molecular formula is C12H22N2OS. The van der Waals surface area contributed by atoms with Crippen LogP contribution in [-0.2, 0) is 0 Å². The van der Waals surface area contributed by atoms with Crippen LogP contribution in [-0.4, -0.2) is 23.2 Å². The predicted octanol–water partition coefficient (Wildman–Crippen LogP) is 2.51. The van der Waals surface area contributed by atoms with Crippen LogP contribution in [0.3, 0.4) is 0 Å². The number of aliphatic hydroxyl groups excluding tert-OH is 1. The Balaban J connectivity index is 2.49. The van der Waals surface area contributed by atoms with Crippen molar-refractivity contribution in [3.05, 3.63) is 16.1 Å². The first kappa shape index (κ1) is 13.6. The van der Waals surface area contributed by atoms with E-state index >= 15 is 0 Å². The minimum absolute atomic E-state index is 0.0198. The summed E-state index contributed by atoms with van der Waals surface area (Å²) in [4.78, 5) is 5.51. The van der Waals surface area contributed by atoms with Gasteiger partial charge in [0.15, 0.2) is 0 Å². The first-order chi connectivity index (χ1) is 7.50. The molecular weight excluding hydrogens is 220 g/mol. The van der Waals surface area contributed by atoms with Crippen LogP contribution < -0.4 is 5.32 Å². The fraction of sp³-hybridized carbons (Fsp3) is 0.750. The highest BCUT2D eigenvalue weighted by Gasteiger charge is 2.22. The van der Waals surface area contributed by atoms with Crippen molar-refractivity contribution in [2.45, 2.75) is 40.2 Å². The molecule has 16 heavy (non-hydrogen) atoms. The summed E-state index contributed by atoms with van der Waals surface area (Å²) in [6, 6.07) is 0.309. The molecule has 0 spiro atoms. The molecule has 92 valence electrons. The monoisotopic (exact) mass is 242 g/mol. The van der Waals surface area contributed by atoms with E-state index in [9.17, 15) is 5.11 Å². The van der Waals surface area contributed by atoms with Crippen molar-refractivity contribution in [3.63, 3.8) is 0 Å². The minimum Gasteiger partial charge on any atom is -0.396 e. The van der Waals surface area contributed by atoms with E-state index in [4.69, 9.17) is 0 Å². The molecule has 0 aromatic carbocycles. The zero-order valence-electron chi connectivity index (χ0n) is 10.6. The summed E-state index contributed by atoms with van der Waals surface area (Å²) >= 11 is 1.73. The smallest absolute Gasteiger partial charge is 0.0897 e. The van der Waals surface area contributed by atoms with Crippen LogP contribution >= 0.6 is 11.3 Å². The average Bonchev–Trinajstić information content (AvgIpc) is 2.72. The Morgan fingerprint density at radius 1 is 1.62 bits per heavy atom. The van der Waals surface area contributed by atoms with Gasteiger partial charge in [0.2, 0.25) is 0 Å². The van der Waals surface area contributed by atoms with Crippen LogP contribution in [0.15, 0.2) is 6.20 Å². The van der Waals surface area contributed by atoms with Crippen LogP contribution in [0, 0.1) is 12.3 Å². The number of rotatable bonds is 6. The van der Waals surface area contributed by atoms with Gasteiger partial charge in [0.05, 0.1) is 5.01 Å². The minimum atomic E-state index is -0.0198. The SMILES string of the molecule is CCC(C)(CO)CNC(C)c1cnc(C)s1. The van der Waals surface area contributed by atoms with Gasteiger partial charge in [0, 0.05) is 35.7 Å². The largest absolute Gasteiger partial charge is 0.396 e. The first-order valence-corrected chi connectivity index (χ1v) is 6.59. The van der Waals surface area contributed by atoms with Gasteiger partial charge < -0.3 is 10.4 Å². The number of thiazole rings is 1. The van der Waals surface area contributed by atoms with Gasteiger partial charge in [-0.05, 0) is 20.3 Å². The van der Waals surface area contributed by atoms with Gasteiger partial charge in [-0.2, -0.15) is 0 Å². The zero-order valence-corrected chi connectivity index (χ0v) is 11.4. The van der Waals surface area contributed by atoms with Gasteiger partial charge in [-0.1, -0.05) is 13.8 Å². The lowest BCUT2D eigenvalue weighted by Gasteiger charge is -2.27. The standard InChI is InChI=1S/C12H22N2OS/c1-5-12(4,8-15)7-14-9(2)11-6-13-10(3)16-11/h6,9,14-15H,5,7-8H2,1-4H3. The molecule has 1 heterocycles. The molecule has 0 radical (unpaired) electrons. The molecule has 2 unspecified atom stereocenters. The summed E-state index contributed by atoms with van der Waals surface area (Å²) in [5, 5.41) is 13.9. The number of aromatic nitrogens is 1. The predicted molar refractivity (Wildman–Crippen MR) is 68.8 cm³/mol. The first-order valence-electron chi connectivity index (χ1n) is 5.77. The van der Waals surface area contributed by atoms with Crippen molar-refractivity contribution in [3.8, 4) is 0 Å². The highest BCUT2D eigenvalue weighted by molar-refractivity contribution is 7.11. The number of aliphatic hydroxyl groups is 1. The molecule has 4 heteroatoms. The highest BCUT2D eigenvalue weighted by atomic mass is 32.1. The summed E-state index contributed by atoms with van der Waals surface area (Å²) in [6.07, 6.45) is 2.91. The fourth-order valence-corrected chi connectivity index (χ4v) is 2.18. The maximum atomic E-state index is 9.32. The van der Waals surface area contributed by atoms with Crippen molar-refractivity contribution >= 4 is 11.3 Å².